The highest BCUT2D eigenvalue weighted by molar-refractivity contribution is 5.69. The second-order valence-corrected chi connectivity index (χ2v) is 19.1. The van der Waals surface area contributed by atoms with Gasteiger partial charge in [-0.15, -0.1) is 0 Å². The summed E-state index contributed by atoms with van der Waals surface area (Å²) in [6, 6.07) is 0.424. The molecular formula is C55H110N2O7. The maximum absolute atomic E-state index is 12.8. The van der Waals surface area contributed by atoms with E-state index in [-0.39, 0.29) is 11.9 Å². The van der Waals surface area contributed by atoms with Gasteiger partial charge in [0.1, 0.15) is 0 Å². The molecule has 0 saturated carbocycles. The van der Waals surface area contributed by atoms with Crippen molar-refractivity contribution in [1.29, 1.82) is 0 Å². The summed E-state index contributed by atoms with van der Waals surface area (Å²) in [7, 11) is 0. The molecule has 9 nitrogen and oxygen atoms in total. The van der Waals surface area contributed by atoms with Crippen molar-refractivity contribution in [2.24, 2.45) is 17.6 Å². The maximum Gasteiger partial charge on any atom is 0.305 e. The van der Waals surface area contributed by atoms with Crippen LogP contribution in [0.5, 0.6) is 0 Å². The summed E-state index contributed by atoms with van der Waals surface area (Å²) in [4.78, 5) is 25.6. The number of hydrogen-bond donors (Lipinski definition) is 2. The van der Waals surface area contributed by atoms with Gasteiger partial charge in [0.25, 0.3) is 0 Å². The summed E-state index contributed by atoms with van der Waals surface area (Å²) >= 11 is 0. The van der Waals surface area contributed by atoms with Crippen LogP contribution in [-0.2, 0) is 33.3 Å². The fraction of sp³-hybridized carbons (Fsp3) is 0.964. The van der Waals surface area contributed by atoms with Crippen LogP contribution in [0.3, 0.4) is 0 Å². The summed E-state index contributed by atoms with van der Waals surface area (Å²) in [5.41, 5.74) is 5.50. The van der Waals surface area contributed by atoms with Gasteiger partial charge in [-0.2, -0.15) is 0 Å². The van der Waals surface area contributed by atoms with E-state index in [1.807, 2.05) is 0 Å². The summed E-state index contributed by atoms with van der Waals surface area (Å²) in [5.74, 6) is 0.988. The van der Waals surface area contributed by atoms with Crippen molar-refractivity contribution in [1.82, 2.24) is 5.32 Å². The van der Waals surface area contributed by atoms with Crippen LogP contribution in [0.15, 0.2) is 0 Å². The maximum atomic E-state index is 12.8. The summed E-state index contributed by atoms with van der Waals surface area (Å²) < 4.78 is 28.7. The van der Waals surface area contributed by atoms with Gasteiger partial charge in [0, 0.05) is 32.1 Å². The monoisotopic (exact) mass is 911 g/mol. The number of carbonyl (C=O) groups is 2. The number of ether oxygens (including phenoxy) is 5. The normalized spacial score (nSPS) is 13.0. The number of nitrogens with two attached hydrogens (primary N) is 1. The van der Waals surface area contributed by atoms with E-state index >= 15 is 0 Å². The predicted octanol–water partition coefficient (Wildman–Crippen LogP) is 14.4. The molecule has 0 aliphatic carbocycles. The van der Waals surface area contributed by atoms with Crippen molar-refractivity contribution in [3.05, 3.63) is 0 Å². The minimum absolute atomic E-state index is 0.0174. The average molecular weight is 911 g/mol. The zero-order valence-electron chi connectivity index (χ0n) is 43.2. The molecular weight excluding hydrogens is 801 g/mol. The molecule has 0 radical (unpaired) electrons. The lowest BCUT2D eigenvalue weighted by Gasteiger charge is -2.19. The van der Waals surface area contributed by atoms with Crippen LogP contribution in [0, 0.1) is 11.8 Å². The number of hydrogen-bond acceptors (Lipinski definition) is 9. The smallest absolute Gasteiger partial charge is 0.305 e. The first kappa shape index (κ1) is 62.7. The van der Waals surface area contributed by atoms with Crippen LogP contribution in [0.1, 0.15) is 259 Å². The standard InChI is InChI=1S/C55H110N2O7/c1-5-9-13-17-19-25-35-51(33-23-15-11-7-3)49-63-54(58)39-29-21-27-37-53(57-42-32-44-61-46-48-62-47-45-60-43-31-41-56)38-28-22-30-40-55(59)64-50-52(34-24-16-12-8-4)36-26-20-18-14-10-6-2/h51-53,57H,5-50,56H2,1-4H3. The number of carbonyl (C=O) groups excluding carboxylic acids is 2. The molecule has 0 rings (SSSR count). The van der Waals surface area contributed by atoms with Crippen molar-refractivity contribution in [2.45, 2.75) is 265 Å². The highest BCUT2D eigenvalue weighted by Gasteiger charge is 2.15. The molecule has 0 aromatic rings. The minimum atomic E-state index is -0.0174. The Balaban J connectivity index is 4.72. The molecule has 382 valence electrons. The summed E-state index contributed by atoms with van der Waals surface area (Å²) in [5, 5.41) is 3.81. The topological polar surface area (TPSA) is 118 Å². The molecule has 0 fully saturated rings. The Morgan fingerprint density at radius 3 is 1.12 bits per heavy atom. The van der Waals surface area contributed by atoms with Crippen molar-refractivity contribution < 1.29 is 33.3 Å². The third kappa shape index (κ3) is 47.2. The summed E-state index contributed by atoms with van der Waals surface area (Å²) in [6.45, 7) is 15.6. The third-order valence-corrected chi connectivity index (χ3v) is 12.8. The average Bonchev–Trinajstić information content (AvgIpc) is 3.30. The van der Waals surface area contributed by atoms with Gasteiger partial charge in [-0.3, -0.25) is 9.59 Å². The lowest BCUT2D eigenvalue weighted by molar-refractivity contribution is -0.146. The van der Waals surface area contributed by atoms with Gasteiger partial charge in [0.15, 0.2) is 0 Å². The summed E-state index contributed by atoms with van der Waals surface area (Å²) in [6.07, 6.45) is 41.8. The lowest BCUT2D eigenvalue weighted by Crippen LogP contribution is -2.30. The second-order valence-electron chi connectivity index (χ2n) is 19.1. The van der Waals surface area contributed by atoms with E-state index in [9.17, 15) is 9.59 Å². The molecule has 0 spiro atoms. The van der Waals surface area contributed by atoms with Crippen LogP contribution in [0.2, 0.25) is 0 Å². The fourth-order valence-corrected chi connectivity index (χ4v) is 8.56. The predicted molar refractivity (Wildman–Crippen MR) is 271 cm³/mol. The van der Waals surface area contributed by atoms with Gasteiger partial charge in [0.2, 0.25) is 0 Å². The Morgan fingerprint density at radius 2 is 0.719 bits per heavy atom. The first-order chi connectivity index (χ1) is 31.5. The molecule has 0 saturated heterocycles. The van der Waals surface area contributed by atoms with Crippen molar-refractivity contribution in [3.8, 4) is 0 Å². The van der Waals surface area contributed by atoms with Gasteiger partial charge in [-0.05, 0) is 89.1 Å². The Morgan fingerprint density at radius 1 is 0.391 bits per heavy atom. The Labute approximate surface area is 397 Å². The molecule has 0 heterocycles. The zero-order chi connectivity index (χ0) is 46.7. The molecule has 0 aromatic heterocycles. The minimum Gasteiger partial charge on any atom is -0.465 e. The molecule has 0 amide bonds. The number of esters is 2. The number of unbranched alkanes of at least 4 members (excludes halogenated alkanes) is 20. The Kier molecular flexibility index (Phi) is 51.7. The van der Waals surface area contributed by atoms with Gasteiger partial charge < -0.3 is 34.7 Å². The highest BCUT2D eigenvalue weighted by Crippen LogP contribution is 2.22. The zero-order valence-corrected chi connectivity index (χ0v) is 43.2. The van der Waals surface area contributed by atoms with Gasteiger partial charge in [-0.1, -0.05) is 182 Å². The van der Waals surface area contributed by atoms with E-state index < -0.39 is 0 Å². The van der Waals surface area contributed by atoms with Crippen LogP contribution >= 0.6 is 0 Å². The molecule has 0 aliphatic heterocycles. The number of nitrogens with one attached hydrogen (secondary N) is 1. The first-order valence-corrected chi connectivity index (χ1v) is 28.0. The van der Waals surface area contributed by atoms with E-state index in [2.05, 4.69) is 33.0 Å². The lowest BCUT2D eigenvalue weighted by atomic mass is 9.95. The first-order valence-electron chi connectivity index (χ1n) is 28.0. The molecule has 3 N–H and O–H groups in total. The van der Waals surface area contributed by atoms with Gasteiger partial charge in [-0.25, -0.2) is 0 Å². The molecule has 0 aromatic carbocycles. The van der Waals surface area contributed by atoms with E-state index in [1.165, 1.54) is 154 Å². The highest BCUT2D eigenvalue weighted by atomic mass is 16.5. The van der Waals surface area contributed by atoms with E-state index in [1.54, 1.807) is 0 Å². The van der Waals surface area contributed by atoms with Crippen LogP contribution in [-0.4, -0.2) is 83.9 Å². The van der Waals surface area contributed by atoms with Gasteiger partial charge in [0.05, 0.1) is 39.6 Å². The van der Waals surface area contributed by atoms with Crippen molar-refractivity contribution in [3.63, 3.8) is 0 Å². The molecule has 9 heteroatoms. The Hall–Kier alpha value is -1.26. The fourth-order valence-electron chi connectivity index (χ4n) is 8.56. The van der Waals surface area contributed by atoms with Crippen molar-refractivity contribution >= 4 is 11.9 Å². The largest absolute Gasteiger partial charge is 0.465 e. The second kappa shape index (κ2) is 52.7. The van der Waals surface area contributed by atoms with Gasteiger partial charge >= 0.3 is 11.9 Å². The van der Waals surface area contributed by atoms with E-state index in [4.69, 9.17) is 29.4 Å². The third-order valence-electron chi connectivity index (χ3n) is 12.8. The molecule has 2 unspecified atom stereocenters. The van der Waals surface area contributed by atoms with E-state index in [0.717, 1.165) is 70.8 Å². The van der Waals surface area contributed by atoms with Crippen LogP contribution in [0.4, 0.5) is 0 Å². The van der Waals surface area contributed by atoms with Crippen molar-refractivity contribution in [2.75, 3.05) is 65.9 Å². The van der Waals surface area contributed by atoms with E-state index in [0.29, 0.717) is 90.1 Å². The quantitative estimate of drug-likeness (QED) is 0.0454. The van der Waals surface area contributed by atoms with Crippen LogP contribution < -0.4 is 11.1 Å². The number of rotatable bonds is 54. The molecule has 64 heavy (non-hydrogen) atoms. The molecule has 0 bridgehead atoms. The SMILES string of the molecule is CCCCCCCCC(CCCCCC)COC(=O)CCCCCC(CCCCCC(=O)OCC(CCCCCC)CCCCCCCC)NCCCOCCOCCOCCCN. The molecule has 2 atom stereocenters. The Bertz CT molecular complexity index is 882. The molecule has 0 aliphatic rings. The van der Waals surface area contributed by atoms with Crippen LogP contribution in [0.25, 0.3) is 0 Å².